The smallest absolute Gasteiger partial charge is 0.265 e. The Hall–Kier alpha value is -1.43. The molecule has 0 radical (unpaired) electrons. The zero-order chi connectivity index (χ0) is 15.4. The Bertz CT molecular complexity index is 648. The third-order valence-corrected chi connectivity index (χ3v) is 4.21. The molecule has 0 fully saturated rings. The van der Waals surface area contributed by atoms with Crippen LogP contribution in [0.5, 0.6) is 0 Å². The molecule has 4 nitrogen and oxygen atoms in total. The monoisotopic (exact) mass is 311 g/mol. The van der Waals surface area contributed by atoms with Crippen LogP contribution in [0.2, 0.25) is 5.02 Å². The molecule has 1 aromatic heterocycles. The van der Waals surface area contributed by atoms with Crippen LogP contribution in [0.1, 0.15) is 23.7 Å². The maximum absolute atomic E-state index is 12.2. The molecule has 106 valence electrons. The molecule has 1 N–H and O–H groups in total. The van der Waals surface area contributed by atoms with E-state index in [1.165, 1.54) is 11.3 Å². The molecule has 2 aromatic rings. The summed E-state index contributed by atoms with van der Waals surface area (Å²) in [5, 5.41) is 3.98. The van der Waals surface area contributed by atoms with Gasteiger partial charge in [-0.15, -0.1) is 11.3 Å². The van der Waals surface area contributed by atoms with Gasteiger partial charge in [-0.05, 0) is 19.9 Å². The Balaban J connectivity index is 2.24. The number of nitrogens with one attached hydrogen (secondary N) is 1. The molecule has 0 saturated heterocycles. The van der Waals surface area contributed by atoms with Crippen molar-refractivity contribution in [3.63, 3.8) is 0 Å². The fourth-order valence-electron chi connectivity index (χ4n) is 1.65. The van der Waals surface area contributed by atoms with Gasteiger partial charge in [0.25, 0.3) is 5.91 Å². The predicted molar refractivity (Wildman–Crippen MR) is 81.2 cm³/mol. The third kappa shape index (κ3) is 3.17. The first kappa shape index (κ1) is 13.5. The van der Waals surface area contributed by atoms with Gasteiger partial charge in [0.1, 0.15) is 16.1 Å². The Morgan fingerprint density at radius 3 is 3.00 bits per heavy atom. The largest absolute Gasteiger partial charge is 0.362 e. The van der Waals surface area contributed by atoms with E-state index in [0.717, 1.165) is 5.56 Å². The molecule has 1 atom stereocenters. The fourth-order valence-corrected chi connectivity index (χ4v) is 2.94. The van der Waals surface area contributed by atoms with Crippen molar-refractivity contribution in [3.05, 3.63) is 39.9 Å². The molecule has 0 aliphatic carbocycles. The van der Waals surface area contributed by atoms with Gasteiger partial charge in [-0.2, -0.15) is 0 Å². The lowest BCUT2D eigenvalue weighted by Gasteiger charge is -2.10. The number of aromatic nitrogens is 1. The van der Waals surface area contributed by atoms with Crippen LogP contribution in [0, 0.1) is 6.92 Å². The number of hydrogen-bond donors (Lipinski definition) is 1. The first-order chi connectivity index (χ1) is 10.0. The minimum atomic E-state index is -0.514. The maximum Gasteiger partial charge on any atom is 0.265 e. The zero-order valence-electron chi connectivity index (χ0n) is 12.1. The number of aryl methyl sites for hydroxylation is 1. The minimum absolute atomic E-state index is 0.200. The SMILES string of the molecule is [2H]COC(C)NC(=O)c1sc(-c2ccccc2Cl)nc1C. The van der Waals surface area contributed by atoms with Crippen LogP contribution in [0.15, 0.2) is 24.3 Å². The summed E-state index contributed by atoms with van der Waals surface area (Å²) >= 11 is 7.44. The number of carbonyl (C=O) groups excluding carboxylic acids is 1. The summed E-state index contributed by atoms with van der Waals surface area (Å²) in [6, 6.07) is 7.38. The van der Waals surface area contributed by atoms with Crippen LogP contribution in [0.25, 0.3) is 10.6 Å². The van der Waals surface area contributed by atoms with Gasteiger partial charge >= 0.3 is 0 Å². The van der Waals surface area contributed by atoms with Gasteiger partial charge in [-0.3, -0.25) is 4.79 Å². The van der Waals surface area contributed by atoms with E-state index < -0.39 is 6.23 Å². The summed E-state index contributed by atoms with van der Waals surface area (Å²) in [7, 11) is -0.200. The molecule has 1 heterocycles. The van der Waals surface area contributed by atoms with E-state index >= 15 is 0 Å². The summed E-state index contributed by atoms with van der Waals surface area (Å²) in [6.07, 6.45) is -0.514. The number of amides is 1. The van der Waals surface area contributed by atoms with Crippen molar-refractivity contribution in [1.29, 1.82) is 0 Å². The maximum atomic E-state index is 12.2. The van der Waals surface area contributed by atoms with Crippen molar-refractivity contribution in [1.82, 2.24) is 10.3 Å². The molecule has 1 aromatic carbocycles. The second-order valence-corrected chi connectivity index (χ2v) is 5.60. The van der Waals surface area contributed by atoms with Gasteiger partial charge in [0.15, 0.2) is 0 Å². The fraction of sp³-hybridized carbons (Fsp3) is 0.286. The van der Waals surface area contributed by atoms with Crippen LogP contribution in [0.3, 0.4) is 0 Å². The molecule has 2 rings (SSSR count). The first-order valence-electron chi connectivity index (χ1n) is 6.67. The van der Waals surface area contributed by atoms with E-state index in [4.69, 9.17) is 17.7 Å². The molecule has 0 saturated carbocycles. The number of benzene rings is 1. The van der Waals surface area contributed by atoms with Gasteiger partial charge < -0.3 is 10.1 Å². The van der Waals surface area contributed by atoms with Crippen molar-refractivity contribution in [2.45, 2.75) is 20.1 Å². The van der Waals surface area contributed by atoms with Crippen LogP contribution < -0.4 is 5.32 Å². The Labute approximate surface area is 128 Å². The number of thiazole rings is 1. The number of nitrogens with zero attached hydrogens (tertiary/aromatic N) is 1. The molecule has 0 aliphatic rings. The number of halogens is 1. The van der Waals surface area contributed by atoms with Gasteiger partial charge in [-0.1, -0.05) is 29.8 Å². The second kappa shape index (κ2) is 6.35. The van der Waals surface area contributed by atoms with Crippen molar-refractivity contribution in [3.8, 4) is 10.6 Å². The highest BCUT2D eigenvalue weighted by Gasteiger charge is 2.18. The highest BCUT2D eigenvalue weighted by molar-refractivity contribution is 7.17. The molecule has 1 unspecified atom stereocenters. The van der Waals surface area contributed by atoms with Crippen molar-refractivity contribution < 1.29 is 10.9 Å². The van der Waals surface area contributed by atoms with E-state index in [2.05, 4.69) is 10.3 Å². The molecular weight excluding hydrogens is 296 g/mol. The van der Waals surface area contributed by atoms with E-state index in [1.807, 2.05) is 18.2 Å². The van der Waals surface area contributed by atoms with Crippen LogP contribution in [-0.2, 0) is 4.74 Å². The first-order valence-corrected chi connectivity index (χ1v) is 7.16. The summed E-state index contributed by atoms with van der Waals surface area (Å²) < 4.78 is 11.9. The van der Waals surface area contributed by atoms with Gasteiger partial charge in [0, 0.05) is 12.6 Å². The Morgan fingerprint density at radius 2 is 2.30 bits per heavy atom. The summed E-state index contributed by atoms with van der Waals surface area (Å²) in [4.78, 5) is 17.1. The lowest BCUT2D eigenvalue weighted by molar-refractivity contribution is 0.0661. The highest BCUT2D eigenvalue weighted by Crippen LogP contribution is 2.32. The lowest BCUT2D eigenvalue weighted by Crippen LogP contribution is -2.33. The van der Waals surface area contributed by atoms with Gasteiger partial charge in [-0.25, -0.2) is 4.98 Å². The summed E-state index contributed by atoms with van der Waals surface area (Å²) in [5.41, 5.74) is 1.45. The second-order valence-electron chi connectivity index (χ2n) is 4.20. The number of rotatable bonds is 4. The quantitative estimate of drug-likeness (QED) is 0.879. The molecule has 20 heavy (non-hydrogen) atoms. The molecule has 1 amide bonds. The number of ether oxygens (including phenoxy) is 1. The van der Waals surface area contributed by atoms with E-state index in [0.29, 0.717) is 20.6 Å². The van der Waals surface area contributed by atoms with E-state index in [9.17, 15) is 4.79 Å². The molecular formula is C14H15ClN2O2S. The average molecular weight is 312 g/mol. The lowest BCUT2D eigenvalue weighted by atomic mass is 10.2. The summed E-state index contributed by atoms with van der Waals surface area (Å²) in [6.45, 7) is 3.46. The van der Waals surface area contributed by atoms with Gasteiger partial charge in [0.2, 0.25) is 0 Å². The van der Waals surface area contributed by atoms with E-state index in [1.54, 1.807) is 19.9 Å². The number of hydrogen-bond acceptors (Lipinski definition) is 4. The number of methoxy groups -OCH3 is 1. The topological polar surface area (TPSA) is 51.2 Å². The minimum Gasteiger partial charge on any atom is -0.362 e. The Morgan fingerprint density at radius 1 is 1.55 bits per heavy atom. The normalized spacial score (nSPS) is 12.8. The molecule has 0 aliphatic heterocycles. The molecule has 6 heteroatoms. The predicted octanol–water partition coefficient (Wildman–Crippen LogP) is 3.49. The highest BCUT2D eigenvalue weighted by atomic mass is 35.5. The van der Waals surface area contributed by atoms with E-state index in [-0.39, 0.29) is 13.0 Å². The van der Waals surface area contributed by atoms with Crippen LogP contribution in [0.4, 0.5) is 0 Å². The summed E-state index contributed by atoms with van der Waals surface area (Å²) in [5.74, 6) is -0.260. The van der Waals surface area contributed by atoms with Gasteiger partial charge in [0.05, 0.1) is 12.1 Å². The molecule has 0 bridgehead atoms. The van der Waals surface area contributed by atoms with Crippen molar-refractivity contribution >= 4 is 28.8 Å². The number of carbonyl (C=O) groups is 1. The molecule has 0 spiro atoms. The van der Waals surface area contributed by atoms with Crippen molar-refractivity contribution in [2.24, 2.45) is 0 Å². The van der Waals surface area contributed by atoms with Crippen molar-refractivity contribution in [2.75, 3.05) is 7.09 Å². The van der Waals surface area contributed by atoms with Crippen LogP contribution >= 0.6 is 22.9 Å². The Kier molecular flexibility index (Phi) is 4.30. The standard InChI is InChI=1S/C14H15ClN2O2S/c1-8-12(13(18)17-9(2)19-3)20-14(16-8)10-6-4-5-7-11(10)15/h4-7,9H,1-3H3,(H,17,18)/i3D. The average Bonchev–Trinajstić information content (AvgIpc) is 2.81. The van der Waals surface area contributed by atoms with Crippen LogP contribution in [-0.4, -0.2) is 24.2 Å². The zero-order valence-corrected chi connectivity index (χ0v) is 12.7. The third-order valence-electron chi connectivity index (χ3n) is 2.69.